The van der Waals surface area contributed by atoms with Crippen LogP contribution in [0, 0.1) is 0 Å². The number of hydrogen-bond donors (Lipinski definition) is 2. The largest absolute Gasteiger partial charge is 0.318 e. The maximum atomic E-state index is 3.53. The van der Waals surface area contributed by atoms with E-state index in [2.05, 4.69) is 54.8 Å². The molecule has 0 spiro atoms. The second-order valence-corrected chi connectivity index (χ2v) is 3.84. The predicted octanol–water partition coefficient (Wildman–Crippen LogP) is 1.95. The van der Waals surface area contributed by atoms with Gasteiger partial charge in [0.05, 0.1) is 0 Å². The van der Waals surface area contributed by atoms with Crippen LogP contribution in [0.25, 0.3) is 0 Å². The van der Waals surface area contributed by atoms with Crippen LogP contribution in [0.2, 0.25) is 0 Å². The molecule has 0 saturated heterocycles. The zero-order valence-corrected chi connectivity index (χ0v) is 9.25. The van der Waals surface area contributed by atoms with Crippen LogP contribution in [0.4, 0.5) is 0 Å². The summed E-state index contributed by atoms with van der Waals surface area (Å²) in [5.41, 5.74) is 1.34. The summed E-state index contributed by atoms with van der Waals surface area (Å²) in [7, 11) is 1.98. The Kier molecular flexibility index (Phi) is 4.63. The summed E-state index contributed by atoms with van der Waals surface area (Å²) in [6.45, 7) is 5.30. The molecular weight excluding hydrogens is 172 g/mol. The molecule has 0 aliphatic heterocycles. The lowest BCUT2D eigenvalue weighted by Crippen LogP contribution is -2.34. The van der Waals surface area contributed by atoms with Gasteiger partial charge in [-0.1, -0.05) is 44.2 Å². The molecule has 0 amide bonds. The standard InChI is InChI=1S/C12H20N2/c1-10(2)14-12(9-13-3)11-7-5-4-6-8-11/h4-8,10,12-14H,9H2,1-3H3/t12-/m0/s1. The molecule has 1 aromatic rings. The van der Waals surface area contributed by atoms with E-state index < -0.39 is 0 Å². The van der Waals surface area contributed by atoms with Crippen LogP contribution >= 0.6 is 0 Å². The summed E-state index contributed by atoms with van der Waals surface area (Å²) in [5.74, 6) is 0. The molecule has 0 saturated carbocycles. The van der Waals surface area contributed by atoms with Crippen molar-refractivity contribution < 1.29 is 0 Å². The second kappa shape index (κ2) is 5.78. The molecule has 14 heavy (non-hydrogen) atoms. The van der Waals surface area contributed by atoms with E-state index in [1.165, 1.54) is 5.56 Å². The number of likely N-dealkylation sites (N-methyl/N-ethyl adjacent to an activating group) is 1. The molecule has 0 aliphatic carbocycles. The van der Waals surface area contributed by atoms with E-state index in [0.717, 1.165) is 6.54 Å². The van der Waals surface area contributed by atoms with Crippen molar-refractivity contribution in [3.8, 4) is 0 Å². The highest BCUT2D eigenvalue weighted by Crippen LogP contribution is 2.11. The highest BCUT2D eigenvalue weighted by Gasteiger charge is 2.10. The first-order valence-electron chi connectivity index (χ1n) is 5.19. The second-order valence-electron chi connectivity index (χ2n) is 3.84. The van der Waals surface area contributed by atoms with Gasteiger partial charge in [0.2, 0.25) is 0 Å². The van der Waals surface area contributed by atoms with E-state index in [1.807, 2.05) is 7.05 Å². The minimum Gasteiger partial charge on any atom is -0.318 e. The van der Waals surface area contributed by atoms with Crippen LogP contribution in [0.1, 0.15) is 25.5 Å². The number of rotatable bonds is 5. The fourth-order valence-corrected chi connectivity index (χ4v) is 1.56. The van der Waals surface area contributed by atoms with Crippen LogP contribution in [0.5, 0.6) is 0 Å². The van der Waals surface area contributed by atoms with Gasteiger partial charge in [-0.2, -0.15) is 0 Å². The molecule has 0 unspecified atom stereocenters. The van der Waals surface area contributed by atoms with Gasteiger partial charge < -0.3 is 10.6 Å². The smallest absolute Gasteiger partial charge is 0.0448 e. The van der Waals surface area contributed by atoms with E-state index in [0.29, 0.717) is 12.1 Å². The van der Waals surface area contributed by atoms with Gasteiger partial charge in [0.25, 0.3) is 0 Å². The third kappa shape index (κ3) is 3.48. The lowest BCUT2D eigenvalue weighted by Gasteiger charge is -2.21. The Morgan fingerprint density at radius 1 is 1.14 bits per heavy atom. The van der Waals surface area contributed by atoms with Crippen molar-refractivity contribution in [2.75, 3.05) is 13.6 Å². The molecule has 0 bridgehead atoms. The van der Waals surface area contributed by atoms with Gasteiger partial charge in [0.15, 0.2) is 0 Å². The third-order valence-corrected chi connectivity index (χ3v) is 2.14. The molecule has 0 radical (unpaired) electrons. The maximum Gasteiger partial charge on any atom is 0.0448 e. The van der Waals surface area contributed by atoms with Crippen LogP contribution in [0.15, 0.2) is 30.3 Å². The van der Waals surface area contributed by atoms with Crippen molar-refractivity contribution >= 4 is 0 Å². The van der Waals surface area contributed by atoms with Gasteiger partial charge in [-0.3, -0.25) is 0 Å². The van der Waals surface area contributed by atoms with E-state index in [-0.39, 0.29) is 0 Å². The molecule has 0 aromatic heterocycles. The molecule has 2 heteroatoms. The summed E-state index contributed by atoms with van der Waals surface area (Å²) in [6.07, 6.45) is 0. The SMILES string of the molecule is CNC[C@H](NC(C)C)c1ccccc1. The van der Waals surface area contributed by atoms with Crippen LogP contribution in [-0.4, -0.2) is 19.6 Å². The first-order chi connectivity index (χ1) is 6.74. The first kappa shape index (κ1) is 11.2. The summed E-state index contributed by atoms with van der Waals surface area (Å²) in [4.78, 5) is 0. The van der Waals surface area contributed by atoms with Crippen molar-refractivity contribution in [3.05, 3.63) is 35.9 Å². The summed E-state index contributed by atoms with van der Waals surface area (Å²) in [5, 5.41) is 6.74. The molecule has 0 aliphatic rings. The van der Waals surface area contributed by atoms with Gasteiger partial charge in [-0.05, 0) is 12.6 Å². The fourth-order valence-electron chi connectivity index (χ4n) is 1.56. The quantitative estimate of drug-likeness (QED) is 0.745. The van der Waals surface area contributed by atoms with Crippen molar-refractivity contribution in [2.45, 2.75) is 25.9 Å². The molecule has 78 valence electrons. The topological polar surface area (TPSA) is 24.1 Å². The Hall–Kier alpha value is -0.860. The average Bonchev–Trinajstić information content (AvgIpc) is 2.18. The number of hydrogen-bond acceptors (Lipinski definition) is 2. The van der Waals surface area contributed by atoms with Crippen LogP contribution < -0.4 is 10.6 Å². The zero-order valence-electron chi connectivity index (χ0n) is 9.25. The molecule has 0 fully saturated rings. The van der Waals surface area contributed by atoms with E-state index in [4.69, 9.17) is 0 Å². The van der Waals surface area contributed by atoms with Crippen molar-refractivity contribution in [1.82, 2.24) is 10.6 Å². The Balaban J connectivity index is 2.67. The normalized spacial score (nSPS) is 13.1. The van der Waals surface area contributed by atoms with E-state index in [9.17, 15) is 0 Å². The summed E-state index contributed by atoms with van der Waals surface area (Å²) in [6, 6.07) is 11.5. The molecule has 1 aromatic carbocycles. The summed E-state index contributed by atoms with van der Waals surface area (Å²) < 4.78 is 0. The molecule has 1 rings (SSSR count). The molecule has 1 atom stereocenters. The molecule has 2 nitrogen and oxygen atoms in total. The average molecular weight is 192 g/mol. The number of nitrogens with one attached hydrogen (secondary N) is 2. The zero-order chi connectivity index (χ0) is 10.4. The predicted molar refractivity (Wildman–Crippen MR) is 61.4 cm³/mol. The Morgan fingerprint density at radius 3 is 2.29 bits per heavy atom. The van der Waals surface area contributed by atoms with E-state index in [1.54, 1.807) is 0 Å². The lowest BCUT2D eigenvalue weighted by molar-refractivity contribution is 0.461. The Morgan fingerprint density at radius 2 is 1.79 bits per heavy atom. The molecule has 2 N–H and O–H groups in total. The highest BCUT2D eigenvalue weighted by atomic mass is 15.0. The Labute approximate surface area is 86.7 Å². The monoisotopic (exact) mass is 192 g/mol. The molecule has 0 heterocycles. The maximum absolute atomic E-state index is 3.53. The van der Waals surface area contributed by atoms with Crippen molar-refractivity contribution in [3.63, 3.8) is 0 Å². The lowest BCUT2D eigenvalue weighted by atomic mass is 10.1. The van der Waals surface area contributed by atoms with Crippen molar-refractivity contribution in [2.24, 2.45) is 0 Å². The molecular formula is C12H20N2. The van der Waals surface area contributed by atoms with Crippen LogP contribution in [0.3, 0.4) is 0 Å². The van der Waals surface area contributed by atoms with Gasteiger partial charge >= 0.3 is 0 Å². The Bertz CT molecular complexity index is 244. The van der Waals surface area contributed by atoms with Gasteiger partial charge in [-0.15, -0.1) is 0 Å². The minimum absolute atomic E-state index is 0.404. The van der Waals surface area contributed by atoms with Gasteiger partial charge in [-0.25, -0.2) is 0 Å². The third-order valence-electron chi connectivity index (χ3n) is 2.14. The minimum atomic E-state index is 0.404. The van der Waals surface area contributed by atoms with Crippen molar-refractivity contribution in [1.29, 1.82) is 0 Å². The van der Waals surface area contributed by atoms with Gasteiger partial charge in [0.1, 0.15) is 0 Å². The van der Waals surface area contributed by atoms with Gasteiger partial charge in [0, 0.05) is 18.6 Å². The summed E-state index contributed by atoms with van der Waals surface area (Å²) >= 11 is 0. The first-order valence-corrected chi connectivity index (χ1v) is 5.19. The number of benzene rings is 1. The van der Waals surface area contributed by atoms with E-state index >= 15 is 0 Å². The fraction of sp³-hybridized carbons (Fsp3) is 0.500. The highest BCUT2D eigenvalue weighted by molar-refractivity contribution is 5.19. The van der Waals surface area contributed by atoms with Crippen LogP contribution in [-0.2, 0) is 0 Å².